The highest BCUT2D eigenvalue weighted by atomic mass is 32.1. The second-order valence-corrected chi connectivity index (χ2v) is 6.26. The summed E-state index contributed by atoms with van der Waals surface area (Å²) in [7, 11) is 0. The van der Waals surface area contributed by atoms with Gasteiger partial charge >= 0.3 is 0 Å². The van der Waals surface area contributed by atoms with Gasteiger partial charge in [0.15, 0.2) is 5.13 Å². The van der Waals surface area contributed by atoms with Gasteiger partial charge in [-0.25, -0.2) is 4.98 Å². The predicted octanol–water partition coefficient (Wildman–Crippen LogP) is 2.29. The van der Waals surface area contributed by atoms with Crippen molar-refractivity contribution in [1.29, 1.82) is 5.41 Å². The van der Waals surface area contributed by atoms with Gasteiger partial charge in [-0.15, -0.1) is 11.3 Å². The molecular formula is C12H20N4S. The molecule has 0 bridgehead atoms. The molecule has 1 aromatic heterocycles. The molecule has 4 nitrogen and oxygen atoms in total. The van der Waals surface area contributed by atoms with Crippen LogP contribution in [0.25, 0.3) is 0 Å². The normalized spacial score (nSPS) is 17.4. The first-order valence-corrected chi connectivity index (χ1v) is 6.85. The Morgan fingerprint density at radius 2 is 1.94 bits per heavy atom. The van der Waals surface area contributed by atoms with Crippen molar-refractivity contribution in [3.8, 4) is 0 Å². The molecule has 1 aromatic rings. The Morgan fingerprint density at radius 1 is 1.29 bits per heavy atom. The van der Waals surface area contributed by atoms with E-state index in [2.05, 4.69) is 35.6 Å². The first kappa shape index (κ1) is 12.4. The van der Waals surface area contributed by atoms with E-state index in [1.165, 1.54) is 0 Å². The Morgan fingerprint density at radius 3 is 2.41 bits per heavy atom. The fraction of sp³-hybridized carbons (Fsp3) is 0.667. The SMILES string of the molecule is CC(C)(C)C(=N)N1CCN(c2nccs2)CC1. The number of hydrogen-bond acceptors (Lipinski definition) is 4. The molecule has 0 aromatic carbocycles. The predicted molar refractivity (Wildman–Crippen MR) is 73.1 cm³/mol. The summed E-state index contributed by atoms with van der Waals surface area (Å²) in [4.78, 5) is 8.82. The molecule has 1 saturated heterocycles. The smallest absolute Gasteiger partial charge is 0.185 e. The van der Waals surface area contributed by atoms with E-state index >= 15 is 0 Å². The second-order valence-electron chi connectivity index (χ2n) is 5.39. The highest BCUT2D eigenvalue weighted by Crippen LogP contribution is 2.22. The van der Waals surface area contributed by atoms with Crippen LogP contribution in [0, 0.1) is 10.8 Å². The Labute approximate surface area is 107 Å². The largest absolute Gasteiger partial charge is 0.357 e. The van der Waals surface area contributed by atoms with Crippen molar-refractivity contribution in [2.24, 2.45) is 5.41 Å². The number of anilines is 1. The molecule has 0 unspecified atom stereocenters. The van der Waals surface area contributed by atoms with Crippen LogP contribution in [0.4, 0.5) is 5.13 Å². The topological polar surface area (TPSA) is 43.2 Å². The molecule has 1 aliphatic rings. The number of nitrogens with zero attached hydrogens (tertiary/aromatic N) is 3. The minimum absolute atomic E-state index is 0.0522. The van der Waals surface area contributed by atoms with Crippen molar-refractivity contribution in [1.82, 2.24) is 9.88 Å². The lowest BCUT2D eigenvalue weighted by Gasteiger charge is -2.39. The van der Waals surface area contributed by atoms with Crippen LogP contribution in [-0.2, 0) is 0 Å². The molecule has 1 aliphatic heterocycles. The van der Waals surface area contributed by atoms with Crippen molar-refractivity contribution in [3.63, 3.8) is 0 Å². The summed E-state index contributed by atoms with van der Waals surface area (Å²) in [5.41, 5.74) is -0.0522. The minimum atomic E-state index is -0.0522. The van der Waals surface area contributed by atoms with Crippen LogP contribution in [0.1, 0.15) is 20.8 Å². The van der Waals surface area contributed by atoms with E-state index in [4.69, 9.17) is 5.41 Å². The molecule has 17 heavy (non-hydrogen) atoms. The van der Waals surface area contributed by atoms with Crippen molar-refractivity contribution in [3.05, 3.63) is 11.6 Å². The van der Waals surface area contributed by atoms with Gasteiger partial charge in [0.1, 0.15) is 5.84 Å². The molecule has 94 valence electrons. The van der Waals surface area contributed by atoms with Crippen LogP contribution in [-0.4, -0.2) is 41.9 Å². The van der Waals surface area contributed by atoms with Crippen LogP contribution in [0.2, 0.25) is 0 Å². The van der Waals surface area contributed by atoms with E-state index in [1.54, 1.807) is 11.3 Å². The van der Waals surface area contributed by atoms with E-state index in [0.29, 0.717) is 0 Å². The van der Waals surface area contributed by atoms with Crippen molar-refractivity contribution >= 4 is 22.3 Å². The quantitative estimate of drug-likeness (QED) is 0.616. The van der Waals surface area contributed by atoms with Crippen LogP contribution in [0.5, 0.6) is 0 Å². The molecule has 1 fully saturated rings. The highest BCUT2D eigenvalue weighted by Gasteiger charge is 2.26. The third-order valence-electron chi connectivity index (χ3n) is 3.00. The van der Waals surface area contributed by atoms with Gasteiger partial charge in [-0.1, -0.05) is 20.8 Å². The van der Waals surface area contributed by atoms with Crippen LogP contribution < -0.4 is 4.90 Å². The lowest BCUT2D eigenvalue weighted by molar-refractivity contribution is 0.343. The number of piperazine rings is 1. The Hall–Kier alpha value is -1.10. The van der Waals surface area contributed by atoms with E-state index in [0.717, 1.165) is 37.1 Å². The standard InChI is InChI=1S/C12H20N4S/c1-12(2,3)10(13)15-5-7-16(8-6-15)11-14-4-9-17-11/h4,9,13H,5-8H2,1-3H3. The van der Waals surface area contributed by atoms with Gasteiger partial charge in [-0.2, -0.15) is 0 Å². The lowest BCUT2D eigenvalue weighted by atomic mass is 9.94. The summed E-state index contributed by atoms with van der Waals surface area (Å²) in [5.74, 6) is 0.747. The van der Waals surface area contributed by atoms with Gasteiger partial charge in [-0.05, 0) is 0 Å². The maximum atomic E-state index is 8.17. The van der Waals surface area contributed by atoms with Crippen LogP contribution >= 0.6 is 11.3 Å². The van der Waals surface area contributed by atoms with E-state index < -0.39 is 0 Å². The number of thiazole rings is 1. The van der Waals surface area contributed by atoms with E-state index in [9.17, 15) is 0 Å². The van der Waals surface area contributed by atoms with Gasteiger partial charge in [0, 0.05) is 43.2 Å². The third kappa shape index (κ3) is 2.77. The average molecular weight is 252 g/mol. The monoisotopic (exact) mass is 252 g/mol. The summed E-state index contributed by atoms with van der Waals surface area (Å²) >= 11 is 1.69. The Bertz CT molecular complexity index is 372. The van der Waals surface area contributed by atoms with Crippen molar-refractivity contribution in [2.75, 3.05) is 31.1 Å². The molecule has 0 amide bonds. The van der Waals surface area contributed by atoms with Gasteiger partial charge in [0.05, 0.1) is 0 Å². The van der Waals surface area contributed by atoms with Crippen LogP contribution in [0.3, 0.4) is 0 Å². The lowest BCUT2D eigenvalue weighted by Crippen LogP contribution is -2.51. The fourth-order valence-corrected chi connectivity index (χ4v) is 2.66. The molecule has 2 rings (SSSR count). The average Bonchev–Trinajstić information content (AvgIpc) is 2.80. The molecule has 1 N–H and O–H groups in total. The first-order valence-electron chi connectivity index (χ1n) is 5.97. The fourth-order valence-electron chi connectivity index (χ4n) is 1.97. The van der Waals surface area contributed by atoms with E-state index in [-0.39, 0.29) is 5.41 Å². The number of hydrogen-bond donors (Lipinski definition) is 1. The molecule has 0 spiro atoms. The van der Waals surface area contributed by atoms with Crippen molar-refractivity contribution < 1.29 is 0 Å². The van der Waals surface area contributed by atoms with Crippen molar-refractivity contribution in [2.45, 2.75) is 20.8 Å². The van der Waals surface area contributed by atoms with E-state index in [1.807, 2.05) is 11.6 Å². The second kappa shape index (κ2) is 4.64. The molecule has 0 radical (unpaired) electrons. The molecule has 5 heteroatoms. The Balaban J connectivity index is 1.93. The maximum absolute atomic E-state index is 8.17. The summed E-state index contributed by atoms with van der Waals surface area (Å²) in [6, 6.07) is 0. The van der Waals surface area contributed by atoms with Crippen LogP contribution in [0.15, 0.2) is 11.6 Å². The summed E-state index contributed by atoms with van der Waals surface area (Å²) in [6.07, 6.45) is 1.85. The van der Waals surface area contributed by atoms with Gasteiger partial charge < -0.3 is 9.80 Å². The molecule has 0 aliphatic carbocycles. The van der Waals surface area contributed by atoms with Gasteiger partial charge in [-0.3, -0.25) is 5.41 Å². The summed E-state index contributed by atoms with van der Waals surface area (Å²) in [6.45, 7) is 10.1. The van der Waals surface area contributed by atoms with Gasteiger partial charge in [0.25, 0.3) is 0 Å². The van der Waals surface area contributed by atoms with Gasteiger partial charge in [0.2, 0.25) is 0 Å². The molecule has 2 heterocycles. The third-order valence-corrected chi connectivity index (χ3v) is 3.83. The summed E-state index contributed by atoms with van der Waals surface area (Å²) in [5, 5.41) is 11.3. The highest BCUT2D eigenvalue weighted by molar-refractivity contribution is 7.13. The zero-order chi connectivity index (χ0) is 12.5. The molecular weight excluding hydrogens is 232 g/mol. The first-order chi connectivity index (χ1) is 7.98. The molecule has 0 saturated carbocycles. The maximum Gasteiger partial charge on any atom is 0.185 e. The number of aromatic nitrogens is 1. The Kier molecular flexibility index (Phi) is 3.38. The zero-order valence-corrected chi connectivity index (χ0v) is 11.5. The number of rotatable bonds is 1. The zero-order valence-electron chi connectivity index (χ0n) is 10.7. The molecule has 0 atom stereocenters. The number of amidine groups is 1. The minimum Gasteiger partial charge on any atom is -0.357 e. The number of nitrogens with one attached hydrogen (secondary N) is 1. The summed E-state index contributed by atoms with van der Waals surface area (Å²) < 4.78 is 0.